The Morgan fingerprint density at radius 3 is 2.37 bits per heavy atom. The Hall–Kier alpha value is -3.66. The number of nitrogens with one attached hydrogen (secondary N) is 3. The number of hydrogen-bond acceptors (Lipinski definition) is 5. The normalized spacial score (nSPS) is 17.6. The fraction of sp³-hybridized carbons (Fsp3) is 0.393. The molecule has 0 atom stereocenters. The molecule has 38 heavy (non-hydrogen) atoms. The van der Waals surface area contributed by atoms with Gasteiger partial charge in [-0.05, 0) is 70.4 Å². The monoisotopic (exact) mass is 527 g/mol. The number of aromatic amines is 2. The Labute approximate surface area is 219 Å². The van der Waals surface area contributed by atoms with E-state index in [4.69, 9.17) is 0 Å². The quantitative estimate of drug-likeness (QED) is 0.236. The fourth-order valence-electron chi connectivity index (χ4n) is 5.95. The number of halogens is 3. The number of H-pyrrole nitrogens is 2. The summed E-state index contributed by atoms with van der Waals surface area (Å²) >= 11 is 0. The van der Waals surface area contributed by atoms with E-state index in [2.05, 4.69) is 64.9 Å². The summed E-state index contributed by atoms with van der Waals surface area (Å²) in [6.45, 7) is 8.83. The molecule has 0 spiro atoms. The lowest BCUT2D eigenvalue weighted by atomic mass is 9.79. The van der Waals surface area contributed by atoms with Crippen LogP contribution in [0.15, 0.2) is 48.9 Å². The van der Waals surface area contributed by atoms with Gasteiger partial charge in [-0.15, -0.1) is 13.2 Å². The van der Waals surface area contributed by atoms with Crippen LogP contribution in [0.5, 0.6) is 11.5 Å². The Kier molecular flexibility index (Phi) is 6.13. The Morgan fingerprint density at radius 2 is 1.74 bits per heavy atom. The number of aromatic hydroxyl groups is 1. The fourth-order valence-corrected chi connectivity index (χ4v) is 5.95. The van der Waals surface area contributed by atoms with Crippen molar-refractivity contribution in [1.82, 2.24) is 20.5 Å². The van der Waals surface area contributed by atoms with Crippen molar-refractivity contribution < 1.29 is 23.0 Å². The summed E-state index contributed by atoms with van der Waals surface area (Å²) in [5, 5.41) is 21.7. The standard InChI is InChI=1S/C28H32F3N5O2/c1-26(2)11-19(12-27(3,4)35-26)36(5)18-6-7-20-21(15-32-22(20)10-18)25-23(37)8-16(17-13-33-34-14-17)9-24(25)38-28(29,30)31/h6-10,13-15,19,32,35,37H,11-12H2,1-5H3,(H,33,34). The van der Waals surface area contributed by atoms with Crippen LogP contribution < -0.4 is 15.0 Å². The number of aromatic nitrogens is 3. The lowest BCUT2D eigenvalue weighted by Crippen LogP contribution is -2.61. The predicted octanol–water partition coefficient (Wildman–Crippen LogP) is 6.57. The molecule has 2 aromatic heterocycles. The summed E-state index contributed by atoms with van der Waals surface area (Å²) in [5.41, 5.74) is 2.95. The number of piperidine rings is 1. The molecule has 4 aromatic rings. The number of fused-ring (bicyclic) bond motifs is 1. The van der Waals surface area contributed by atoms with Crippen molar-refractivity contribution in [2.24, 2.45) is 0 Å². The molecule has 0 aliphatic carbocycles. The summed E-state index contributed by atoms with van der Waals surface area (Å²) < 4.78 is 44.5. The van der Waals surface area contributed by atoms with E-state index in [1.807, 2.05) is 18.2 Å². The molecule has 1 saturated heterocycles. The van der Waals surface area contributed by atoms with Crippen LogP contribution in [0, 0.1) is 0 Å². The summed E-state index contributed by atoms with van der Waals surface area (Å²) in [6, 6.07) is 8.79. The summed E-state index contributed by atoms with van der Waals surface area (Å²) in [6.07, 6.45) is 1.59. The molecule has 0 saturated carbocycles. The number of nitrogens with zero attached hydrogens (tertiary/aromatic N) is 2. The Morgan fingerprint density at radius 1 is 1.03 bits per heavy atom. The second kappa shape index (κ2) is 8.97. The van der Waals surface area contributed by atoms with E-state index >= 15 is 0 Å². The molecule has 1 aliphatic heterocycles. The Balaban J connectivity index is 1.54. The minimum atomic E-state index is -4.94. The van der Waals surface area contributed by atoms with Gasteiger partial charge in [0.05, 0.1) is 11.8 Å². The number of alkyl halides is 3. The second-order valence-electron chi connectivity index (χ2n) is 11.4. The molecule has 1 aliphatic rings. The summed E-state index contributed by atoms with van der Waals surface area (Å²) in [7, 11) is 2.07. The van der Waals surface area contributed by atoms with E-state index in [-0.39, 0.29) is 22.4 Å². The van der Waals surface area contributed by atoms with Crippen molar-refractivity contribution in [3.8, 4) is 33.8 Å². The topological polar surface area (TPSA) is 89.2 Å². The van der Waals surface area contributed by atoms with Crippen LogP contribution in [-0.2, 0) is 0 Å². The number of phenolic OH excluding ortho intramolecular Hbond substituents is 1. The smallest absolute Gasteiger partial charge is 0.507 e. The van der Waals surface area contributed by atoms with E-state index in [0.717, 1.165) is 24.0 Å². The van der Waals surface area contributed by atoms with Gasteiger partial charge in [0.15, 0.2) is 0 Å². The van der Waals surface area contributed by atoms with Gasteiger partial charge < -0.3 is 25.0 Å². The first kappa shape index (κ1) is 26.0. The molecule has 0 bridgehead atoms. The average Bonchev–Trinajstić information content (AvgIpc) is 3.45. The first-order valence-electron chi connectivity index (χ1n) is 12.5. The van der Waals surface area contributed by atoms with Gasteiger partial charge in [0.1, 0.15) is 11.5 Å². The van der Waals surface area contributed by atoms with Crippen LogP contribution in [0.1, 0.15) is 40.5 Å². The van der Waals surface area contributed by atoms with Crippen molar-refractivity contribution in [3.05, 3.63) is 48.9 Å². The summed E-state index contributed by atoms with van der Waals surface area (Å²) in [5.74, 6) is -0.820. The third-order valence-electron chi connectivity index (χ3n) is 7.20. The van der Waals surface area contributed by atoms with Crippen molar-refractivity contribution in [1.29, 1.82) is 0 Å². The minimum absolute atomic E-state index is 0.0145. The molecule has 0 radical (unpaired) electrons. The largest absolute Gasteiger partial charge is 0.573 e. The average molecular weight is 528 g/mol. The zero-order valence-electron chi connectivity index (χ0n) is 22.0. The minimum Gasteiger partial charge on any atom is -0.507 e. The maximum absolute atomic E-state index is 13.4. The first-order valence-corrected chi connectivity index (χ1v) is 12.5. The van der Waals surface area contributed by atoms with Gasteiger partial charge in [-0.1, -0.05) is 6.07 Å². The van der Waals surface area contributed by atoms with Crippen LogP contribution in [0.3, 0.4) is 0 Å². The third-order valence-corrected chi connectivity index (χ3v) is 7.20. The molecule has 202 valence electrons. The maximum atomic E-state index is 13.4. The van der Waals surface area contributed by atoms with Gasteiger partial charge in [-0.2, -0.15) is 5.10 Å². The Bertz CT molecular complexity index is 1440. The number of anilines is 1. The van der Waals surface area contributed by atoms with Gasteiger partial charge in [0.2, 0.25) is 0 Å². The summed E-state index contributed by atoms with van der Waals surface area (Å²) in [4.78, 5) is 5.44. The van der Waals surface area contributed by atoms with E-state index in [0.29, 0.717) is 28.1 Å². The van der Waals surface area contributed by atoms with Crippen molar-refractivity contribution in [3.63, 3.8) is 0 Å². The van der Waals surface area contributed by atoms with Gasteiger partial charge >= 0.3 is 6.36 Å². The third kappa shape index (κ3) is 5.18. The zero-order chi connectivity index (χ0) is 27.5. The molecule has 7 nitrogen and oxygen atoms in total. The van der Waals surface area contributed by atoms with Crippen molar-refractivity contribution in [2.75, 3.05) is 11.9 Å². The van der Waals surface area contributed by atoms with Crippen LogP contribution in [0.2, 0.25) is 0 Å². The van der Waals surface area contributed by atoms with Crippen LogP contribution in [0.4, 0.5) is 18.9 Å². The number of benzene rings is 2. The molecule has 4 N–H and O–H groups in total. The highest BCUT2D eigenvalue weighted by Gasteiger charge is 2.39. The predicted molar refractivity (Wildman–Crippen MR) is 142 cm³/mol. The van der Waals surface area contributed by atoms with E-state index < -0.39 is 12.1 Å². The van der Waals surface area contributed by atoms with E-state index in [9.17, 15) is 18.3 Å². The van der Waals surface area contributed by atoms with E-state index in [1.165, 1.54) is 24.5 Å². The van der Waals surface area contributed by atoms with Gasteiger partial charge in [0, 0.05) is 64.3 Å². The number of rotatable bonds is 5. The highest BCUT2D eigenvalue weighted by atomic mass is 19.4. The number of phenols is 1. The van der Waals surface area contributed by atoms with Crippen molar-refractivity contribution in [2.45, 2.75) is 64.0 Å². The van der Waals surface area contributed by atoms with E-state index in [1.54, 1.807) is 6.20 Å². The maximum Gasteiger partial charge on any atom is 0.573 e. The molecule has 1 fully saturated rings. The lowest BCUT2D eigenvalue weighted by Gasteiger charge is -2.49. The van der Waals surface area contributed by atoms with Gasteiger partial charge in [-0.25, -0.2) is 0 Å². The van der Waals surface area contributed by atoms with Crippen LogP contribution in [0.25, 0.3) is 33.2 Å². The highest BCUT2D eigenvalue weighted by Crippen LogP contribution is 2.46. The first-order chi connectivity index (χ1) is 17.7. The number of hydrogen-bond donors (Lipinski definition) is 4. The van der Waals surface area contributed by atoms with Crippen LogP contribution >= 0.6 is 0 Å². The molecule has 0 unspecified atom stereocenters. The van der Waals surface area contributed by atoms with Crippen molar-refractivity contribution >= 4 is 16.6 Å². The zero-order valence-corrected chi connectivity index (χ0v) is 22.0. The molecule has 0 amide bonds. The van der Waals surface area contributed by atoms with Gasteiger partial charge in [-0.3, -0.25) is 5.10 Å². The van der Waals surface area contributed by atoms with Crippen LogP contribution in [-0.4, -0.2) is 50.8 Å². The molecule has 2 aromatic carbocycles. The highest BCUT2D eigenvalue weighted by molar-refractivity contribution is 6.00. The second-order valence-corrected chi connectivity index (χ2v) is 11.4. The molecule has 3 heterocycles. The lowest BCUT2D eigenvalue weighted by molar-refractivity contribution is -0.274. The molecular formula is C28H32F3N5O2. The number of ether oxygens (including phenoxy) is 1. The van der Waals surface area contributed by atoms with Gasteiger partial charge in [0.25, 0.3) is 0 Å². The molecule has 5 rings (SSSR count). The molecular weight excluding hydrogens is 495 g/mol. The SMILES string of the molecule is CN(c1ccc2c(-c3c(O)cc(-c4cn[nH]c4)cc3OC(F)(F)F)c[nH]c2c1)C1CC(C)(C)NC(C)(C)C1. The molecule has 10 heteroatoms.